The summed E-state index contributed by atoms with van der Waals surface area (Å²) in [5.74, 6) is -1.80. The van der Waals surface area contributed by atoms with Crippen molar-refractivity contribution in [1.29, 1.82) is 0 Å². The smallest absolute Gasteiger partial charge is 0.434 e. The summed E-state index contributed by atoms with van der Waals surface area (Å²) in [5.41, 5.74) is 5.91. The lowest BCUT2D eigenvalue weighted by Crippen LogP contribution is -2.55. The third-order valence-corrected chi connectivity index (χ3v) is 5.10. The van der Waals surface area contributed by atoms with Gasteiger partial charge in [-0.3, -0.25) is 4.90 Å². The Morgan fingerprint density at radius 2 is 2.21 bits per heavy atom. The summed E-state index contributed by atoms with van der Waals surface area (Å²) in [6, 6.07) is 3.34. The van der Waals surface area contributed by atoms with E-state index in [9.17, 15) is 19.9 Å². The van der Waals surface area contributed by atoms with Gasteiger partial charge in [0.1, 0.15) is 11.9 Å². The van der Waals surface area contributed by atoms with Crippen molar-refractivity contribution in [1.82, 2.24) is 4.90 Å². The first kappa shape index (κ1) is 15.7. The molecule has 8 nitrogen and oxygen atoms in total. The van der Waals surface area contributed by atoms with Crippen LogP contribution in [0.1, 0.15) is 28.3 Å². The van der Waals surface area contributed by atoms with Gasteiger partial charge in [-0.15, -0.1) is 0 Å². The molecule has 1 aromatic carbocycles. The van der Waals surface area contributed by atoms with Gasteiger partial charge in [0.05, 0.1) is 17.3 Å². The van der Waals surface area contributed by atoms with Crippen molar-refractivity contribution in [2.75, 3.05) is 26.2 Å². The SMILES string of the molecule is NCCN1CC(Oc2ccc3c(c2C(=O)[O-])O[B-](O)(O)[C@@H]2C[C@H]32)C1. The number of likely N-dealkylation sites (tertiary alicyclic amines) is 1. The Labute approximate surface area is 138 Å². The van der Waals surface area contributed by atoms with E-state index in [2.05, 4.69) is 4.90 Å². The van der Waals surface area contributed by atoms with Gasteiger partial charge in [0.2, 0.25) is 0 Å². The molecule has 1 saturated heterocycles. The molecule has 9 heteroatoms. The van der Waals surface area contributed by atoms with Gasteiger partial charge in [-0.2, -0.15) is 0 Å². The Kier molecular flexibility index (Phi) is 3.50. The van der Waals surface area contributed by atoms with Crippen LogP contribution in [-0.2, 0) is 0 Å². The van der Waals surface area contributed by atoms with Gasteiger partial charge in [-0.05, 0) is 17.5 Å². The third-order valence-electron chi connectivity index (χ3n) is 5.10. The summed E-state index contributed by atoms with van der Waals surface area (Å²) in [4.78, 5) is 13.7. The molecule has 1 saturated carbocycles. The van der Waals surface area contributed by atoms with E-state index in [1.807, 2.05) is 0 Å². The van der Waals surface area contributed by atoms with Crippen molar-refractivity contribution >= 4 is 12.7 Å². The Morgan fingerprint density at radius 1 is 1.46 bits per heavy atom. The van der Waals surface area contributed by atoms with E-state index >= 15 is 0 Å². The molecule has 3 aliphatic rings. The molecule has 2 fully saturated rings. The highest BCUT2D eigenvalue weighted by atomic mass is 16.6. The number of carboxylic acids is 1. The summed E-state index contributed by atoms with van der Waals surface area (Å²) in [6.07, 6.45) is 0.437. The second-order valence-electron chi connectivity index (χ2n) is 6.82. The predicted octanol–water partition coefficient (Wildman–Crippen LogP) is -1.75. The zero-order valence-corrected chi connectivity index (χ0v) is 13.1. The number of carbonyl (C=O) groups is 1. The molecule has 2 aliphatic heterocycles. The van der Waals surface area contributed by atoms with Crippen LogP contribution < -0.4 is 20.2 Å². The molecule has 24 heavy (non-hydrogen) atoms. The van der Waals surface area contributed by atoms with Crippen LogP contribution in [0.15, 0.2) is 12.1 Å². The van der Waals surface area contributed by atoms with Gasteiger partial charge in [0.25, 0.3) is 0 Å². The topological polar surface area (TPSA) is 128 Å². The number of benzene rings is 1. The monoisotopic (exact) mass is 334 g/mol. The van der Waals surface area contributed by atoms with Gasteiger partial charge in [-0.25, -0.2) is 0 Å². The molecule has 1 aliphatic carbocycles. The predicted molar refractivity (Wildman–Crippen MR) is 82.6 cm³/mol. The van der Waals surface area contributed by atoms with Crippen molar-refractivity contribution in [2.24, 2.45) is 5.73 Å². The maximum atomic E-state index is 11.6. The number of nitrogens with two attached hydrogens (primary N) is 1. The molecule has 0 bridgehead atoms. The molecule has 0 unspecified atom stereocenters. The lowest BCUT2D eigenvalue weighted by molar-refractivity contribution is -0.255. The molecule has 130 valence electrons. The molecule has 0 aromatic heterocycles. The number of hydrogen-bond donors (Lipinski definition) is 3. The van der Waals surface area contributed by atoms with E-state index in [0.717, 1.165) is 6.54 Å². The second-order valence-corrected chi connectivity index (χ2v) is 6.82. The summed E-state index contributed by atoms with van der Waals surface area (Å²) in [5, 5.41) is 31.6. The summed E-state index contributed by atoms with van der Waals surface area (Å²) < 4.78 is 11.0. The summed E-state index contributed by atoms with van der Waals surface area (Å²) >= 11 is 0. The first-order valence-electron chi connectivity index (χ1n) is 8.16. The summed E-state index contributed by atoms with van der Waals surface area (Å²) in [6.45, 7) is -0.387. The number of carbonyl (C=O) groups excluding carboxylic acids is 1. The number of aromatic carboxylic acids is 1. The number of nitrogens with zero attached hydrogens (tertiary/aromatic N) is 1. The zero-order chi connectivity index (χ0) is 17.1. The van der Waals surface area contributed by atoms with Gasteiger partial charge in [0, 0.05) is 26.2 Å². The minimum absolute atomic E-state index is 0.0330. The average molecular weight is 334 g/mol. The normalized spacial score (nSPS) is 27.5. The van der Waals surface area contributed by atoms with Crippen molar-refractivity contribution in [2.45, 2.75) is 24.3 Å². The fourth-order valence-electron chi connectivity index (χ4n) is 3.75. The van der Waals surface area contributed by atoms with Crippen LogP contribution in [0.5, 0.6) is 11.5 Å². The van der Waals surface area contributed by atoms with E-state index in [1.165, 1.54) is 0 Å². The quantitative estimate of drug-likeness (QED) is 0.541. The fraction of sp³-hybridized carbons (Fsp3) is 0.533. The molecule has 0 spiro atoms. The number of ether oxygens (including phenoxy) is 1. The molecule has 2 heterocycles. The molecule has 2 atom stereocenters. The van der Waals surface area contributed by atoms with Crippen molar-refractivity contribution in [3.05, 3.63) is 23.3 Å². The van der Waals surface area contributed by atoms with E-state index in [4.69, 9.17) is 15.1 Å². The molecule has 1 aromatic rings. The van der Waals surface area contributed by atoms with Crippen LogP contribution in [0.2, 0.25) is 5.82 Å². The first-order valence-corrected chi connectivity index (χ1v) is 8.16. The van der Waals surface area contributed by atoms with Crippen LogP contribution in [0.3, 0.4) is 0 Å². The minimum Gasteiger partial charge on any atom is -0.669 e. The largest absolute Gasteiger partial charge is 0.669 e. The van der Waals surface area contributed by atoms with E-state index in [1.54, 1.807) is 12.1 Å². The van der Waals surface area contributed by atoms with Crippen LogP contribution in [-0.4, -0.2) is 60.0 Å². The maximum Gasteiger partial charge on any atom is 0.434 e. The fourth-order valence-corrected chi connectivity index (χ4v) is 3.75. The first-order chi connectivity index (χ1) is 11.4. The highest BCUT2D eigenvalue weighted by Crippen LogP contribution is 2.63. The molecule has 0 amide bonds. The van der Waals surface area contributed by atoms with E-state index in [0.29, 0.717) is 31.6 Å². The Bertz CT molecular complexity index is 691. The maximum absolute atomic E-state index is 11.6. The number of hydrogen-bond acceptors (Lipinski definition) is 8. The number of rotatable bonds is 5. The second kappa shape index (κ2) is 5.35. The number of carboxylic acid groups (broad SMARTS) is 1. The Hall–Kier alpha value is -1.81. The van der Waals surface area contributed by atoms with Crippen molar-refractivity contribution in [3.63, 3.8) is 0 Å². The lowest BCUT2D eigenvalue weighted by Gasteiger charge is -2.40. The van der Waals surface area contributed by atoms with Gasteiger partial charge < -0.3 is 35.1 Å². The minimum atomic E-state index is -3.05. The van der Waals surface area contributed by atoms with Gasteiger partial charge in [0.15, 0.2) is 0 Å². The van der Waals surface area contributed by atoms with Crippen molar-refractivity contribution in [3.8, 4) is 11.5 Å². The molecule has 4 rings (SSSR count). The molecular weight excluding hydrogens is 315 g/mol. The average Bonchev–Trinajstić information content (AvgIpc) is 3.25. The standard InChI is InChI=1S/C15H20BN2O6/c17-3-4-18-6-8(7-18)23-12-2-1-9-10-5-11(10)16(21,22)24-14(9)13(12)15(19)20/h1-2,8,10-11,21-22H,3-7,17H2,(H,19,20)/q-1/p-1/t10-,11-/m1/s1. The summed E-state index contributed by atoms with van der Waals surface area (Å²) in [7, 11) is 0. The van der Waals surface area contributed by atoms with Crippen LogP contribution >= 0.6 is 0 Å². The van der Waals surface area contributed by atoms with Gasteiger partial charge in [-0.1, -0.05) is 18.3 Å². The van der Waals surface area contributed by atoms with Crippen LogP contribution in [0.25, 0.3) is 0 Å². The number of fused-ring (bicyclic) bond motifs is 3. The zero-order valence-electron chi connectivity index (χ0n) is 13.1. The highest BCUT2D eigenvalue weighted by molar-refractivity contribution is 6.62. The molecular formula is C15H19BN2O6-2. The highest BCUT2D eigenvalue weighted by Gasteiger charge is 2.55. The van der Waals surface area contributed by atoms with E-state index < -0.39 is 12.7 Å². The van der Waals surface area contributed by atoms with Crippen LogP contribution in [0, 0.1) is 0 Å². The van der Waals surface area contributed by atoms with Crippen molar-refractivity contribution < 1.29 is 29.3 Å². The molecule has 4 N–H and O–H groups in total. The third kappa shape index (κ3) is 2.44. The van der Waals surface area contributed by atoms with E-state index in [-0.39, 0.29) is 34.9 Å². The Morgan fingerprint density at radius 3 is 2.88 bits per heavy atom. The lowest BCUT2D eigenvalue weighted by atomic mass is 9.68. The molecule has 0 radical (unpaired) electrons. The van der Waals surface area contributed by atoms with Crippen LogP contribution in [0.4, 0.5) is 0 Å². The van der Waals surface area contributed by atoms with Gasteiger partial charge >= 0.3 is 6.75 Å². The Balaban J connectivity index is 1.61.